The van der Waals surface area contributed by atoms with Crippen molar-refractivity contribution in [1.29, 1.82) is 0 Å². The lowest BCUT2D eigenvalue weighted by Crippen LogP contribution is -2.29. The number of hydrogen-bond acceptors (Lipinski definition) is 4. The van der Waals surface area contributed by atoms with Crippen LogP contribution in [0.15, 0.2) is 35.2 Å². The minimum absolute atomic E-state index is 0.0308. The molecule has 0 aliphatic rings. The third kappa shape index (κ3) is 4.10. The van der Waals surface area contributed by atoms with Gasteiger partial charge in [0.1, 0.15) is 17.7 Å². The summed E-state index contributed by atoms with van der Waals surface area (Å²) in [5.41, 5.74) is 0. The van der Waals surface area contributed by atoms with Crippen molar-refractivity contribution < 1.29 is 21.9 Å². The van der Waals surface area contributed by atoms with Crippen molar-refractivity contribution in [3.63, 3.8) is 0 Å². The van der Waals surface area contributed by atoms with Crippen molar-refractivity contribution in [3.8, 4) is 0 Å². The van der Waals surface area contributed by atoms with Crippen LogP contribution in [0.2, 0.25) is 0 Å². The second kappa shape index (κ2) is 6.82. The number of aryl methyl sites for hydroxylation is 1. The molecule has 22 heavy (non-hydrogen) atoms. The van der Waals surface area contributed by atoms with Crippen molar-refractivity contribution >= 4 is 21.4 Å². The van der Waals surface area contributed by atoms with E-state index in [0.717, 1.165) is 21.9 Å². The zero-order chi connectivity index (χ0) is 16.3. The number of methoxy groups -OCH3 is 1. The maximum atomic E-state index is 13.1. The van der Waals surface area contributed by atoms with E-state index < -0.39 is 32.7 Å². The van der Waals surface area contributed by atoms with Crippen LogP contribution < -0.4 is 4.72 Å². The quantitative estimate of drug-likeness (QED) is 0.874. The Labute approximate surface area is 131 Å². The maximum absolute atomic E-state index is 13.1. The van der Waals surface area contributed by atoms with Gasteiger partial charge in [-0.15, -0.1) is 11.3 Å². The van der Waals surface area contributed by atoms with Gasteiger partial charge in [-0.05, 0) is 31.2 Å². The van der Waals surface area contributed by atoms with E-state index in [-0.39, 0.29) is 6.54 Å². The summed E-state index contributed by atoms with van der Waals surface area (Å²) in [5.74, 6) is -1.89. The molecule has 0 spiro atoms. The number of nitrogens with one attached hydrogen (secondary N) is 1. The van der Waals surface area contributed by atoms with Crippen molar-refractivity contribution in [2.45, 2.75) is 17.9 Å². The first-order chi connectivity index (χ1) is 10.3. The highest BCUT2D eigenvalue weighted by Crippen LogP contribution is 2.25. The van der Waals surface area contributed by atoms with Crippen LogP contribution >= 0.6 is 11.3 Å². The fourth-order valence-electron chi connectivity index (χ4n) is 1.88. The normalized spacial score (nSPS) is 13.3. The van der Waals surface area contributed by atoms with Gasteiger partial charge < -0.3 is 4.74 Å². The standard InChI is InChI=1S/C14H15F2NO3S2/c1-9-3-4-14(21-9)13(20-2)8-17-22(18,19)12-6-10(15)5-11(16)7-12/h3-7,13,17H,8H2,1-2H3. The predicted molar refractivity (Wildman–Crippen MR) is 80.4 cm³/mol. The first-order valence-corrected chi connectivity index (χ1v) is 8.66. The highest BCUT2D eigenvalue weighted by Gasteiger charge is 2.20. The summed E-state index contributed by atoms with van der Waals surface area (Å²) in [5, 5.41) is 0. The van der Waals surface area contributed by atoms with Crippen molar-refractivity contribution in [3.05, 3.63) is 51.7 Å². The molecule has 1 N–H and O–H groups in total. The van der Waals surface area contributed by atoms with E-state index in [1.54, 1.807) is 0 Å². The smallest absolute Gasteiger partial charge is 0.240 e. The highest BCUT2D eigenvalue weighted by atomic mass is 32.2. The molecule has 1 aromatic carbocycles. The van der Waals surface area contributed by atoms with Gasteiger partial charge >= 0.3 is 0 Å². The van der Waals surface area contributed by atoms with Crippen LogP contribution in [0.1, 0.15) is 15.9 Å². The molecule has 2 aromatic rings. The molecule has 0 aliphatic carbocycles. The molecule has 0 aliphatic heterocycles. The Morgan fingerprint density at radius 3 is 2.36 bits per heavy atom. The molecular weight excluding hydrogens is 332 g/mol. The SMILES string of the molecule is COC(CNS(=O)(=O)c1cc(F)cc(F)c1)c1ccc(C)s1. The molecule has 8 heteroatoms. The molecule has 0 saturated heterocycles. The van der Waals surface area contributed by atoms with Crippen LogP contribution in [0.3, 0.4) is 0 Å². The van der Waals surface area contributed by atoms with E-state index in [1.165, 1.54) is 18.4 Å². The summed E-state index contributed by atoms with van der Waals surface area (Å²) in [6.07, 6.45) is -0.466. The summed E-state index contributed by atoms with van der Waals surface area (Å²) < 4.78 is 58.0. The molecule has 0 amide bonds. The van der Waals surface area contributed by atoms with E-state index in [4.69, 9.17) is 4.74 Å². The van der Waals surface area contributed by atoms with Crippen molar-refractivity contribution in [1.82, 2.24) is 4.72 Å². The monoisotopic (exact) mass is 347 g/mol. The number of rotatable bonds is 6. The van der Waals surface area contributed by atoms with Gasteiger partial charge in [-0.3, -0.25) is 0 Å². The van der Waals surface area contributed by atoms with Crippen molar-refractivity contribution in [2.24, 2.45) is 0 Å². The third-order valence-corrected chi connectivity index (χ3v) is 5.46. The third-order valence-electron chi connectivity index (χ3n) is 2.97. The van der Waals surface area contributed by atoms with E-state index in [1.807, 2.05) is 19.1 Å². The Hall–Kier alpha value is -1.35. The van der Waals surface area contributed by atoms with Gasteiger partial charge in [-0.2, -0.15) is 0 Å². The van der Waals surface area contributed by atoms with Gasteiger partial charge in [0, 0.05) is 29.5 Å². The Kier molecular flexibility index (Phi) is 5.28. The van der Waals surface area contributed by atoms with Crippen LogP contribution in [0.5, 0.6) is 0 Å². The molecule has 1 unspecified atom stereocenters. The van der Waals surface area contributed by atoms with Crippen LogP contribution in [0.4, 0.5) is 8.78 Å². The average molecular weight is 347 g/mol. The molecule has 1 aromatic heterocycles. The average Bonchev–Trinajstić information content (AvgIpc) is 2.85. The van der Waals surface area contributed by atoms with Crippen LogP contribution in [-0.2, 0) is 14.8 Å². The zero-order valence-electron chi connectivity index (χ0n) is 12.0. The van der Waals surface area contributed by atoms with Gasteiger partial charge in [0.2, 0.25) is 10.0 Å². The molecule has 0 fully saturated rings. The Balaban J connectivity index is 2.14. The molecule has 1 heterocycles. The molecule has 120 valence electrons. The molecule has 0 bridgehead atoms. The number of benzene rings is 1. The van der Waals surface area contributed by atoms with Crippen LogP contribution in [-0.4, -0.2) is 22.1 Å². The van der Waals surface area contributed by atoms with Gasteiger partial charge in [0.05, 0.1) is 4.90 Å². The number of hydrogen-bond donors (Lipinski definition) is 1. The second-order valence-corrected chi connectivity index (χ2v) is 7.72. The summed E-state index contributed by atoms with van der Waals surface area (Å²) in [4.78, 5) is 1.49. The topological polar surface area (TPSA) is 55.4 Å². The molecular formula is C14H15F2NO3S2. The maximum Gasteiger partial charge on any atom is 0.240 e. The molecule has 1 atom stereocenters. The Morgan fingerprint density at radius 2 is 1.86 bits per heavy atom. The largest absolute Gasteiger partial charge is 0.375 e. The second-order valence-electron chi connectivity index (χ2n) is 4.63. The lowest BCUT2D eigenvalue weighted by Gasteiger charge is -2.15. The summed E-state index contributed by atoms with van der Waals surface area (Å²) in [7, 11) is -2.55. The number of thiophene rings is 1. The Bertz CT molecular complexity index is 739. The molecule has 0 radical (unpaired) electrons. The fourth-order valence-corrected chi connectivity index (χ4v) is 3.91. The van der Waals surface area contributed by atoms with Crippen LogP contribution in [0, 0.1) is 18.6 Å². The number of ether oxygens (including phenoxy) is 1. The van der Waals surface area contributed by atoms with E-state index in [2.05, 4.69) is 4.72 Å². The minimum atomic E-state index is -4.02. The minimum Gasteiger partial charge on any atom is -0.375 e. The van der Waals surface area contributed by atoms with Gasteiger partial charge in [0.15, 0.2) is 0 Å². The number of sulfonamides is 1. The lowest BCUT2D eigenvalue weighted by molar-refractivity contribution is 0.110. The molecule has 4 nitrogen and oxygen atoms in total. The molecule has 0 saturated carbocycles. The van der Waals surface area contributed by atoms with Gasteiger partial charge in [-0.25, -0.2) is 21.9 Å². The van der Waals surface area contributed by atoms with E-state index in [0.29, 0.717) is 6.07 Å². The van der Waals surface area contributed by atoms with E-state index >= 15 is 0 Å². The summed E-state index contributed by atoms with van der Waals surface area (Å²) in [6, 6.07) is 5.91. The first kappa shape index (κ1) is 17.0. The molecule has 2 rings (SSSR count). The summed E-state index contributed by atoms with van der Waals surface area (Å²) >= 11 is 1.49. The first-order valence-electron chi connectivity index (χ1n) is 6.36. The van der Waals surface area contributed by atoms with Crippen LogP contribution in [0.25, 0.3) is 0 Å². The zero-order valence-corrected chi connectivity index (χ0v) is 13.6. The lowest BCUT2D eigenvalue weighted by atomic mass is 10.3. The highest BCUT2D eigenvalue weighted by molar-refractivity contribution is 7.89. The number of halogens is 2. The predicted octanol–water partition coefficient (Wildman–Crippen LogP) is 3.00. The van der Waals surface area contributed by atoms with E-state index in [9.17, 15) is 17.2 Å². The fraction of sp³-hybridized carbons (Fsp3) is 0.286. The summed E-state index contributed by atoms with van der Waals surface area (Å²) in [6.45, 7) is 1.90. The van der Waals surface area contributed by atoms with Gasteiger partial charge in [-0.1, -0.05) is 0 Å². The Morgan fingerprint density at radius 1 is 1.23 bits per heavy atom. The van der Waals surface area contributed by atoms with Crippen molar-refractivity contribution in [2.75, 3.05) is 13.7 Å². The van der Waals surface area contributed by atoms with Gasteiger partial charge in [0.25, 0.3) is 0 Å².